The maximum atomic E-state index is 13.1. The predicted octanol–water partition coefficient (Wildman–Crippen LogP) is 3.64. The van der Waals surface area contributed by atoms with Gasteiger partial charge in [0.15, 0.2) is 6.10 Å². The van der Waals surface area contributed by atoms with Crippen LogP contribution in [0.4, 0.5) is 18.0 Å². The number of hydrogen-bond acceptors (Lipinski definition) is 6. The van der Waals surface area contributed by atoms with Crippen LogP contribution in [0.3, 0.4) is 0 Å². The lowest BCUT2D eigenvalue weighted by molar-refractivity contribution is -0.203. The second-order valence-electron chi connectivity index (χ2n) is 4.42. The summed E-state index contributed by atoms with van der Waals surface area (Å²) in [5, 5.41) is 2.22. The number of amides is 1. The first-order valence-electron chi connectivity index (χ1n) is 7.15. The number of phosphoric acid groups is 1. The van der Waals surface area contributed by atoms with E-state index in [-0.39, 0.29) is 19.8 Å². The summed E-state index contributed by atoms with van der Waals surface area (Å²) in [6.07, 6.45) is -8.76. The van der Waals surface area contributed by atoms with Crippen molar-refractivity contribution >= 4 is 13.9 Å². The van der Waals surface area contributed by atoms with Crippen LogP contribution in [-0.4, -0.2) is 44.2 Å². The molecule has 0 aliphatic rings. The first-order chi connectivity index (χ1) is 10.6. The van der Waals surface area contributed by atoms with E-state index < -0.39 is 38.7 Å². The number of alkyl halides is 3. The number of nitrogens with one attached hydrogen (secondary N) is 1. The van der Waals surface area contributed by atoms with Crippen molar-refractivity contribution < 1.29 is 40.8 Å². The van der Waals surface area contributed by atoms with Crippen LogP contribution in [0, 0.1) is 0 Å². The number of ether oxygens (including phenoxy) is 1. The Balaban J connectivity index is 4.95. The van der Waals surface area contributed by atoms with Crippen LogP contribution in [0.15, 0.2) is 0 Å². The first kappa shape index (κ1) is 22.2. The van der Waals surface area contributed by atoms with Crippen LogP contribution in [0.5, 0.6) is 0 Å². The lowest BCUT2D eigenvalue weighted by Crippen LogP contribution is -2.41. The molecule has 0 heterocycles. The molecule has 0 aromatic rings. The quantitative estimate of drug-likeness (QED) is 0.595. The summed E-state index contributed by atoms with van der Waals surface area (Å²) < 4.78 is 69.9. The molecule has 0 bridgehead atoms. The van der Waals surface area contributed by atoms with E-state index >= 15 is 0 Å². The Kier molecular flexibility index (Phi) is 9.76. The highest BCUT2D eigenvalue weighted by Crippen LogP contribution is 2.52. The van der Waals surface area contributed by atoms with Crippen LogP contribution in [0.2, 0.25) is 0 Å². The Labute approximate surface area is 133 Å². The number of halogens is 3. The standard InChI is InChI=1S/C12H23F3NO6P/c1-5-19-11(17)16-9(4)8-10(12(13,14)15)22-23(18,20-6-2)21-7-3/h9-10H,5-8H2,1-4H3,(H,16,17). The van der Waals surface area contributed by atoms with Crippen molar-refractivity contribution in [3.8, 4) is 0 Å². The van der Waals surface area contributed by atoms with Crippen molar-refractivity contribution in [2.75, 3.05) is 19.8 Å². The van der Waals surface area contributed by atoms with E-state index in [4.69, 9.17) is 9.05 Å². The molecule has 1 amide bonds. The molecule has 11 heteroatoms. The van der Waals surface area contributed by atoms with Gasteiger partial charge in [0.05, 0.1) is 19.8 Å². The summed E-state index contributed by atoms with van der Waals surface area (Å²) >= 11 is 0. The summed E-state index contributed by atoms with van der Waals surface area (Å²) in [5.41, 5.74) is 0. The number of hydrogen-bond donors (Lipinski definition) is 1. The predicted molar refractivity (Wildman–Crippen MR) is 76.0 cm³/mol. The highest BCUT2D eigenvalue weighted by Gasteiger charge is 2.46. The maximum absolute atomic E-state index is 13.1. The molecule has 23 heavy (non-hydrogen) atoms. The van der Waals surface area contributed by atoms with Crippen molar-refractivity contribution in [1.29, 1.82) is 0 Å². The normalized spacial score (nSPS) is 15.1. The van der Waals surface area contributed by atoms with Crippen molar-refractivity contribution in [3.63, 3.8) is 0 Å². The minimum absolute atomic E-state index is 0.0850. The van der Waals surface area contributed by atoms with Crippen molar-refractivity contribution in [3.05, 3.63) is 0 Å². The zero-order valence-electron chi connectivity index (χ0n) is 13.5. The molecule has 0 saturated heterocycles. The lowest BCUT2D eigenvalue weighted by atomic mass is 10.1. The molecule has 0 aliphatic carbocycles. The molecule has 0 rings (SSSR count). The third-order valence-electron chi connectivity index (χ3n) is 2.40. The maximum Gasteiger partial charge on any atom is 0.475 e. The number of alkyl carbamates (subject to hydrolysis) is 1. The molecule has 2 atom stereocenters. The molecule has 0 fully saturated rings. The second kappa shape index (κ2) is 10.1. The van der Waals surface area contributed by atoms with E-state index in [1.165, 1.54) is 20.8 Å². The van der Waals surface area contributed by atoms with Crippen LogP contribution >= 0.6 is 7.82 Å². The van der Waals surface area contributed by atoms with Gasteiger partial charge < -0.3 is 10.1 Å². The van der Waals surface area contributed by atoms with Crippen LogP contribution in [-0.2, 0) is 22.9 Å². The molecule has 0 aliphatic heterocycles. The van der Waals surface area contributed by atoms with Crippen LogP contribution in [0.25, 0.3) is 0 Å². The Hall–Kier alpha value is -0.830. The molecule has 1 N–H and O–H groups in total. The Morgan fingerprint density at radius 2 is 1.65 bits per heavy atom. The van der Waals surface area contributed by atoms with Gasteiger partial charge in [0, 0.05) is 12.5 Å². The summed E-state index contributed by atoms with van der Waals surface area (Å²) in [5.74, 6) is 0. The number of carbonyl (C=O) groups excluding carboxylic acids is 1. The van der Waals surface area contributed by atoms with Gasteiger partial charge in [-0.2, -0.15) is 13.2 Å². The summed E-state index contributed by atoms with van der Waals surface area (Å²) in [6.45, 7) is 5.60. The third-order valence-corrected chi connectivity index (χ3v) is 4.06. The first-order valence-corrected chi connectivity index (χ1v) is 8.61. The van der Waals surface area contributed by atoms with Gasteiger partial charge in [0.2, 0.25) is 0 Å². The number of phosphoric ester groups is 1. The zero-order chi connectivity index (χ0) is 18.1. The molecule has 138 valence electrons. The molecule has 2 unspecified atom stereocenters. The molecule has 0 aromatic heterocycles. The smallest absolute Gasteiger partial charge is 0.450 e. The average molecular weight is 365 g/mol. The Bertz CT molecular complexity index is 397. The molecule has 0 saturated carbocycles. The summed E-state index contributed by atoms with van der Waals surface area (Å²) in [4.78, 5) is 11.2. The second-order valence-corrected chi connectivity index (χ2v) is 6.04. The summed E-state index contributed by atoms with van der Waals surface area (Å²) in [7, 11) is -4.34. The van der Waals surface area contributed by atoms with Gasteiger partial charge in [-0.25, -0.2) is 9.36 Å². The van der Waals surface area contributed by atoms with E-state index in [1.807, 2.05) is 0 Å². The third kappa shape index (κ3) is 9.14. The van der Waals surface area contributed by atoms with E-state index in [9.17, 15) is 22.5 Å². The highest BCUT2D eigenvalue weighted by molar-refractivity contribution is 7.48. The minimum atomic E-state index is -4.81. The summed E-state index contributed by atoms with van der Waals surface area (Å²) in [6, 6.07) is -0.933. The van der Waals surface area contributed by atoms with Crippen molar-refractivity contribution in [2.45, 2.75) is 52.4 Å². The van der Waals surface area contributed by atoms with Gasteiger partial charge in [-0.05, 0) is 27.7 Å². The van der Waals surface area contributed by atoms with Gasteiger partial charge in [-0.1, -0.05) is 0 Å². The molecule has 0 spiro atoms. The largest absolute Gasteiger partial charge is 0.475 e. The van der Waals surface area contributed by atoms with Crippen molar-refractivity contribution in [1.82, 2.24) is 5.32 Å². The fraction of sp³-hybridized carbons (Fsp3) is 0.917. The molecule has 7 nitrogen and oxygen atoms in total. The fourth-order valence-corrected chi connectivity index (χ4v) is 2.91. The fourth-order valence-electron chi connectivity index (χ4n) is 1.56. The Morgan fingerprint density at radius 3 is 2.04 bits per heavy atom. The van der Waals surface area contributed by atoms with Gasteiger partial charge >= 0.3 is 20.1 Å². The number of rotatable bonds is 10. The number of carbonyl (C=O) groups is 1. The van der Waals surface area contributed by atoms with Gasteiger partial charge in [0.25, 0.3) is 0 Å². The molecular weight excluding hydrogens is 342 g/mol. The zero-order valence-corrected chi connectivity index (χ0v) is 14.4. The SMILES string of the molecule is CCOC(=O)NC(C)CC(OP(=O)(OCC)OCC)C(F)(F)F. The van der Waals surface area contributed by atoms with Crippen molar-refractivity contribution in [2.24, 2.45) is 0 Å². The van der Waals surface area contributed by atoms with Gasteiger partial charge in [-0.15, -0.1) is 0 Å². The van der Waals surface area contributed by atoms with Crippen LogP contribution in [0.1, 0.15) is 34.1 Å². The Morgan fingerprint density at radius 1 is 1.13 bits per heavy atom. The van der Waals surface area contributed by atoms with Gasteiger partial charge in [0.1, 0.15) is 0 Å². The molecule has 0 aromatic carbocycles. The van der Waals surface area contributed by atoms with Crippen LogP contribution < -0.4 is 5.32 Å². The van der Waals surface area contributed by atoms with Gasteiger partial charge in [-0.3, -0.25) is 13.6 Å². The monoisotopic (exact) mass is 365 g/mol. The van der Waals surface area contributed by atoms with E-state index in [1.54, 1.807) is 6.92 Å². The lowest BCUT2D eigenvalue weighted by Gasteiger charge is -2.27. The van der Waals surface area contributed by atoms with E-state index in [0.29, 0.717) is 0 Å². The minimum Gasteiger partial charge on any atom is -0.450 e. The van der Waals surface area contributed by atoms with E-state index in [0.717, 1.165) is 0 Å². The molecular formula is C12H23F3NO6P. The topological polar surface area (TPSA) is 83.1 Å². The highest BCUT2D eigenvalue weighted by atomic mass is 31.2. The van der Waals surface area contributed by atoms with E-state index in [2.05, 4.69) is 14.6 Å². The average Bonchev–Trinajstić information content (AvgIpc) is 2.37. The molecule has 0 radical (unpaired) electrons.